The zero-order valence-electron chi connectivity index (χ0n) is 11.7. The summed E-state index contributed by atoms with van der Waals surface area (Å²) in [5.41, 5.74) is 4.70. The van der Waals surface area contributed by atoms with Crippen LogP contribution in [0.3, 0.4) is 0 Å². The highest BCUT2D eigenvalue weighted by Crippen LogP contribution is 2.36. The molecule has 0 amide bonds. The van der Waals surface area contributed by atoms with Gasteiger partial charge in [0.25, 0.3) is 0 Å². The molecule has 3 heteroatoms. The SMILES string of the molecule is COCCc1ccc(C(Br)c2cccc(C)c2Cl)cc1. The second-order valence-corrected chi connectivity index (χ2v) is 6.12. The Morgan fingerprint density at radius 1 is 1.15 bits per heavy atom. The summed E-state index contributed by atoms with van der Waals surface area (Å²) in [6.07, 6.45) is 0.939. The van der Waals surface area contributed by atoms with Crippen LogP contribution in [0, 0.1) is 6.92 Å². The maximum absolute atomic E-state index is 6.39. The van der Waals surface area contributed by atoms with Crippen molar-refractivity contribution in [2.24, 2.45) is 0 Å². The van der Waals surface area contributed by atoms with Gasteiger partial charge in [0.2, 0.25) is 0 Å². The maximum Gasteiger partial charge on any atom is 0.0659 e. The fourth-order valence-corrected chi connectivity index (χ4v) is 3.17. The van der Waals surface area contributed by atoms with Crippen LogP contribution in [-0.2, 0) is 11.2 Å². The van der Waals surface area contributed by atoms with E-state index in [1.807, 2.05) is 19.1 Å². The summed E-state index contributed by atoms with van der Waals surface area (Å²) in [7, 11) is 1.72. The van der Waals surface area contributed by atoms with Gasteiger partial charge in [0, 0.05) is 12.1 Å². The van der Waals surface area contributed by atoms with Gasteiger partial charge in [-0.25, -0.2) is 0 Å². The molecule has 0 N–H and O–H groups in total. The topological polar surface area (TPSA) is 9.23 Å². The Kier molecular flexibility index (Phi) is 5.64. The molecule has 0 saturated carbocycles. The van der Waals surface area contributed by atoms with Gasteiger partial charge in [-0.1, -0.05) is 70.0 Å². The predicted molar refractivity (Wildman–Crippen MR) is 89.0 cm³/mol. The Morgan fingerprint density at radius 3 is 2.50 bits per heavy atom. The van der Waals surface area contributed by atoms with Crippen molar-refractivity contribution < 1.29 is 4.74 Å². The smallest absolute Gasteiger partial charge is 0.0659 e. The van der Waals surface area contributed by atoms with Gasteiger partial charge >= 0.3 is 0 Å². The van der Waals surface area contributed by atoms with Gasteiger partial charge in [0.1, 0.15) is 0 Å². The van der Waals surface area contributed by atoms with Gasteiger partial charge in [-0.15, -0.1) is 0 Å². The van der Waals surface area contributed by atoms with Crippen LogP contribution in [-0.4, -0.2) is 13.7 Å². The lowest BCUT2D eigenvalue weighted by Crippen LogP contribution is -1.97. The van der Waals surface area contributed by atoms with Crippen molar-refractivity contribution in [3.63, 3.8) is 0 Å². The minimum absolute atomic E-state index is 0.117. The molecule has 2 aromatic rings. The van der Waals surface area contributed by atoms with Gasteiger partial charge in [-0.3, -0.25) is 0 Å². The largest absolute Gasteiger partial charge is 0.384 e. The van der Waals surface area contributed by atoms with Gasteiger partial charge in [0.05, 0.1) is 11.4 Å². The third-order valence-corrected chi connectivity index (χ3v) is 4.90. The first-order valence-electron chi connectivity index (χ1n) is 6.60. The van der Waals surface area contributed by atoms with E-state index in [1.165, 1.54) is 11.1 Å². The molecule has 0 aliphatic heterocycles. The number of hydrogen-bond acceptors (Lipinski definition) is 1. The molecule has 0 aromatic heterocycles. The Bertz CT molecular complexity index is 566. The third kappa shape index (κ3) is 3.63. The van der Waals surface area contributed by atoms with Crippen LogP contribution in [0.2, 0.25) is 5.02 Å². The number of alkyl halides is 1. The van der Waals surface area contributed by atoms with Crippen molar-refractivity contribution in [1.82, 2.24) is 0 Å². The molecular weight excluding hydrogens is 336 g/mol. The van der Waals surface area contributed by atoms with Crippen molar-refractivity contribution >= 4 is 27.5 Å². The number of hydrogen-bond donors (Lipinski definition) is 0. The summed E-state index contributed by atoms with van der Waals surface area (Å²) >= 11 is 10.1. The fourth-order valence-electron chi connectivity index (χ4n) is 2.12. The van der Waals surface area contributed by atoms with E-state index >= 15 is 0 Å². The molecule has 0 saturated heterocycles. The Labute approximate surface area is 134 Å². The van der Waals surface area contributed by atoms with Crippen LogP contribution in [0.4, 0.5) is 0 Å². The van der Waals surface area contributed by atoms with Crippen LogP contribution in [0.1, 0.15) is 27.1 Å². The third-order valence-electron chi connectivity index (χ3n) is 3.36. The summed E-state index contributed by atoms with van der Waals surface area (Å²) in [4.78, 5) is 0.117. The average molecular weight is 354 g/mol. The zero-order chi connectivity index (χ0) is 14.5. The standard InChI is InChI=1S/C17H18BrClO/c1-12-4-3-5-15(17(12)19)16(18)14-8-6-13(7-9-14)10-11-20-2/h3-9,16H,10-11H2,1-2H3. The lowest BCUT2D eigenvalue weighted by molar-refractivity contribution is 0.202. The van der Waals surface area contributed by atoms with E-state index in [1.54, 1.807) is 7.11 Å². The van der Waals surface area contributed by atoms with E-state index in [9.17, 15) is 0 Å². The predicted octanol–water partition coefficient (Wildman–Crippen LogP) is 5.32. The highest BCUT2D eigenvalue weighted by molar-refractivity contribution is 9.09. The highest BCUT2D eigenvalue weighted by Gasteiger charge is 2.14. The van der Waals surface area contributed by atoms with Crippen molar-refractivity contribution in [2.45, 2.75) is 18.2 Å². The van der Waals surface area contributed by atoms with E-state index in [4.69, 9.17) is 16.3 Å². The van der Waals surface area contributed by atoms with Gasteiger partial charge < -0.3 is 4.74 Å². The Hall–Kier alpha value is -0.830. The second-order valence-electron chi connectivity index (χ2n) is 4.83. The molecule has 0 heterocycles. The molecule has 1 unspecified atom stereocenters. The molecular formula is C17H18BrClO. The summed E-state index contributed by atoms with van der Waals surface area (Å²) < 4.78 is 5.09. The van der Waals surface area contributed by atoms with Gasteiger partial charge in [0.15, 0.2) is 0 Å². The molecule has 0 aliphatic rings. The molecule has 1 atom stereocenters. The summed E-state index contributed by atoms with van der Waals surface area (Å²) in [6.45, 7) is 2.78. The normalized spacial score (nSPS) is 12.4. The van der Waals surface area contributed by atoms with Crippen LogP contribution < -0.4 is 0 Å². The minimum atomic E-state index is 0.117. The van der Waals surface area contributed by atoms with Crippen LogP contribution in [0.15, 0.2) is 42.5 Å². The number of ether oxygens (including phenoxy) is 1. The molecule has 20 heavy (non-hydrogen) atoms. The van der Waals surface area contributed by atoms with E-state index in [0.717, 1.165) is 29.2 Å². The molecule has 0 radical (unpaired) electrons. The molecule has 0 spiro atoms. The van der Waals surface area contributed by atoms with Crippen molar-refractivity contribution in [2.75, 3.05) is 13.7 Å². The Morgan fingerprint density at radius 2 is 1.85 bits per heavy atom. The fraction of sp³-hybridized carbons (Fsp3) is 0.294. The first kappa shape index (κ1) is 15.6. The number of aryl methyl sites for hydroxylation is 1. The molecule has 106 valence electrons. The average Bonchev–Trinajstić information content (AvgIpc) is 2.48. The Balaban J connectivity index is 2.20. The van der Waals surface area contributed by atoms with Crippen LogP contribution >= 0.6 is 27.5 Å². The van der Waals surface area contributed by atoms with E-state index in [0.29, 0.717) is 0 Å². The lowest BCUT2D eigenvalue weighted by Gasteiger charge is -2.14. The molecule has 0 fully saturated rings. The quantitative estimate of drug-likeness (QED) is 0.661. The summed E-state index contributed by atoms with van der Waals surface area (Å²) in [5, 5.41) is 0.831. The number of rotatable bonds is 5. The monoisotopic (exact) mass is 352 g/mol. The molecule has 0 bridgehead atoms. The first-order chi connectivity index (χ1) is 9.63. The van der Waals surface area contributed by atoms with E-state index in [-0.39, 0.29) is 4.83 Å². The van der Waals surface area contributed by atoms with Crippen molar-refractivity contribution in [3.8, 4) is 0 Å². The lowest BCUT2D eigenvalue weighted by atomic mass is 10.0. The molecule has 0 aliphatic carbocycles. The van der Waals surface area contributed by atoms with Crippen LogP contribution in [0.5, 0.6) is 0 Å². The second kappa shape index (κ2) is 7.26. The highest BCUT2D eigenvalue weighted by atomic mass is 79.9. The first-order valence-corrected chi connectivity index (χ1v) is 7.89. The van der Waals surface area contributed by atoms with E-state index in [2.05, 4.69) is 46.3 Å². The molecule has 2 aromatic carbocycles. The van der Waals surface area contributed by atoms with E-state index < -0.39 is 0 Å². The maximum atomic E-state index is 6.39. The van der Waals surface area contributed by atoms with Crippen LogP contribution in [0.25, 0.3) is 0 Å². The summed E-state index contributed by atoms with van der Waals surface area (Å²) in [6, 6.07) is 14.7. The molecule has 1 nitrogen and oxygen atoms in total. The molecule has 2 rings (SSSR count). The van der Waals surface area contributed by atoms with Gasteiger partial charge in [-0.05, 0) is 35.6 Å². The minimum Gasteiger partial charge on any atom is -0.384 e. The number of halogens is 2. The van der Waals surface area contributed by atoms with Gasteiger partial charge in [-0.2, -0.15) is 0 Å². The van der Waals surface area contributed by atoms with Crippen molar-refractivity contribution in [3.05, 3.63) is 69.7 Å². The number of methoxy groups -OCH3 is 1. The summed E-state index contributed by atoms with van der Waals surface area (Å²) in [5.74, 6) is 0. The zero-order valence-corrected chi connectivity index (χ0v) is 14.0. The number of benzene rings is 2. The van der Waals surface area contributed by atoms with Crippen molar-refractivity contribution in [1.29, 1.82) is 0 Å².